The molecule has 1 aromatic carbocycles. The Bertz CT molecular complexity index is 764. The van der Waals surface area contributed by atoms with Crippen molar-refractivity contribution in [2.24, 2.45) is 0 Å². The standard InChI is InChI=1S/C18H22BNO3S/c1-11-7-9-13(10-8-11)14(21)16-20-12(2)15(24-16)19-22-17(3,4)18(5,6)23-19/h7-10H,1-6H3. The van der Waals surface area contributed by atoms with Crippen LogP contribution in [0.5, 0.6) is 0 Å². The fourth-order valence-corrected chi connectivity index (χ4v) is 3.49. The third-order valence-corrected chi connectivity index (χ3v) is 5.99. The van der Waals surface area contributed by atoms with Crippen molar-refractivity contribution in [2.45, 2.75) is 52.7 Å². The van der Waals surface area contributed by atoms with Crippen LogP contribution in [0.4, 0.5) is 0 Å². The SMILES string of the molecule is Cc1ccc(C(=O)c2nc(C)c(B3OC(C)(C)C(C)(C)O3)s2)cc1. The Kier molecular flexibility index (Phi) is 4.18. The lowest BCUT2D eigenvalue weighted by Gasteiger charge is -2.32. The number of aryl methyl sites for hydroxylation is 2. The molecule has 2 aromatic rings. The quantitative estimate of drug-likeness (QED) is 0.634. The number of rotatable bonds is 3. The van der Waals surface area contributed by atoms with E-state index < -0.39 is 18.3 Å². The molecule has 0 atom stereocenters. The van der Waals surface area contributed by atoms with Crippen LogP contribution in [0.1, 0.15) is 54.3 Å². The predicted molar refractivity (Wildman–Crippen MR) is 97.2 cm³/mol. The van der Waals surface area contributed by atoms with E-state index in [2.05, 4.69) is 4.98 Å². The smallest absolute Gasteiger partial charge is 0.399 e. The second kappa shape index (κ2) is 5.79. The van der Waals surface area contributed by atoms with Crippen LogP contribution in [0.25, 0.3) is 0 Å². The Hall–Kier alpha value is -1.50. The fraction of sp³-hybridized carbons (Fsp3) is 0.444. The normalized spacial score (nSPS) is 18.8. The molecule has 0 radical (unpaired) electrons. The minimum atomic E-state index is -0.480. The Morgan fingerprint density at radius 2 is 1.58 bits per heavy atom. The summed E-state index contributed by atoms with van der Waals surface area (Å²) in [5.74, 6) is -0.0640. The van der Waals surface area contributed by atoms with Crippen LogP contribution in [0.2, 0.25) is 0 Å². The van der Waals surface area contributed by atoms with Crippen molar-refractivity contribution in [3.63, 3.8) is 0 Å². The lowest BCUT2D eigenvalue weighted by atomic mass is 9.86. The Balaban J connectivity index is 1.89. The van der Waals surface area contributed by atoms with E-state index in [0.717, 1.165) is 16.0 Å². The molecule has 1 aromatic heterocycles. The van der Waals surface area contributed by atoms with Gasteiger partial charge in [0.25, 0.3) is 0 Å². The van der Waals surface area contributed by atoms with Crippen LogP contribution in [0.15, 0.2) is 24.3 Å². The molecule has 1 aliphatic heterocycles. The highest BCUT2D eigenvalue weighted by Crippen LogP contribution is 2.37. The van der Waals surface area contributed by atoms with Crippen molar-refractivity contribution in [1.82, 2.24) is 4.98 Å². The summed E-state index contributed by atoms with van der Waals surface area (Å²) in [5.41, 5.74) is 1.74. The maximum Gasteiger partial charge on any atom is 0.507 e. The van der Waals surface area contributed by atoms with Gasteiger partial charge in [0.05, 0.1) is 16.0 Å². The molecule has 126 valence electrons. The number of hydrogen-bond acceptors (Lipinski definition) is 5. The van der Waals surface area contributed by atoms with E-state index in [9.17, 15) is 4.79 Å². The van der Waals surface area contributed by atoms with Crippen LogP contribution in [0.3, 0.4) is 0 Å². The summed E-state index contributed by atoms with van der Waals surface area (Å²) in [6, 6.07) is 7.54. The van der Waals surface area contributed by atoms with Crippen molar-refractivity contribution in [1.29, 1.82) is 0 Å². The van der Waals surface area contributed by atoms with Gasteiger partial charge < -0.3 is 9.31 Å². The number of ketones is 1. The maximum atomic E-state index is 12.7. The first-order valence-corrected chi connectivity index (χ1v) is 8.87. The number of aromatic nitrogens is 1. The van der Waals surface area contributed by atoms with Gasteiger partial charge >= 0.3 is 7.12 Å². The van der Waals surface area contributed by atoms with Crippen molar-refractivity contribution in [2.75, 3.05) is 0 Å². The van der Waals surface area contributed by atoms with Gasteiger partial charge in [-0.2, -0.15) is 0 Å². The van der Waals surface area contributed by atoms with Gasteiger partial charge in [0.15, 0.2) is 5.01 Å². The fourth-order valence-electron chi connectivity index (χ4n) is 2.50. The van der Waals surface area contributed by atoms with Crippen LogP contribution in [0, 0.1) is 13.8 Å². The van der Waals surface area contributed by atoms with Gasteiger partial charge in [0.2, 0.25) is 5.78 Å². The van der Waals surface area contributed by atoms with Crippen LogP contribution in [-0.2, 0) is 9.31 Å². The van der Waals surface area contributed by atoms with Gasteiger partial charge in [0, 0.05) is 11.3 Å². The highest BCUT2D eigenvalue weighted by atomic mass is 32.1. The number of carbonyl (C=O) groups is 1. The van der Waals surface area contributed by atoms with Gasteiger partial charge in [-0.15, -0.1) is 11.3 Å². The predicted octanol–water partition coefficient (Wildman–Crippen LogP) is 3.29. The van der Waals surface area contributed by atoms with Gasteiger partial charge in [-0.1, -0.05) is 29.8 Å². The summed E-state index contributed by atoms with van der Waals surface area (Å²) in [6.07, 6.45) is 0. The van der Waals surface area contributed by atoms with Gasteiger partial charge in [0.1, 0.15) is 0 Å². The van der Waals surface area contributed by atoms with Crippen molar-refractivity contribution < 1.29 is 14.1 Å². The average Bonchev–Trinajstić information content (AvgIpc) is 2.97. The molecule has 0 aliphatic carbocycles. The molecule has 0 unspecified atom stereocenters. The molecule has 1 fully saturated rings. The van der Waals surface area contributed by atoms with E-state index in [1.165, 1.54) is 11.3 Å². The molecule has 1 aliphatic rings. The van der Waals surface area contributed by atoms with E-state index in [-0.39, 0.29) is 5.78 Å². The highest BCUT2D eigenvalue weighted by molar-refractivity contribution is 7.23. The summed E-state index contributed by atoms with van der Waals surface area (Å²) in [6.45, 7) is 12.0. The van der Waals surface area contributed by atoms with Gasteiger partial charge in [-0.05, 0) is 41.5 Å². The molecule has 0 N–H and O–H groups in total. The first kappa shape index (κ1) is 17.3. The maximum absolute atomic E-state index is 12.7. The van der Waals surface area contributed by atoms with Crippen molar-refractivity contribution in [3.8, 4) is 0 Å². The van der Waals surface area contributed by atoms with E-state index in [1.807, 2.05) is 65.8 Å². The monoisotopic (exact) mass is 343 g/mol. The Labute approximate surface area is 147 Å². The zero-order chi connectivity index (χ0) is 17.7. The van der Waals surface area contributed by atoms with Gasteiger partial charge in [-0.25, -0.2) is 4.98 Å². The highest BCUT2D eigenvalue weighted by Gasteiger charge is 2.53. The topological polar surface area (TPSA) is 48.4 Å². The van der Waals surface area contributed by atoms with E-state index in [0.29, 0.717) is 10.6 Å². The molecule has 0 saturated carbocycles. The lowest BCUT2D eigenvalue weighted by molar-refractivity contribution is 0.00578. The summed E-state index contributed by atoms with van der Waals surface area (Å²) in [7, 11) is -0.480. The first-order valence-electron chi connectivity index (χ1n) is 8.05. The molecule has 3 rings (SSSR count). The molecule has 2 heterocycles. The third-order valence-electron chi connectivity index (χ3n) is 4.81. The minimum Gasteiger partial charge on any atom is -0.399 e. The lowest BCUT2D eigenvalue weighted by Crippen LogP contribution is -2.41. The molecule has 4 nitrogen and oxygen atoms in total. The van der Waals surface area contributed by atoms with Crippen LogP contribution >= 0.6 is 11.3 Å². The number of hydrogen-bond donors (Lipinski definition) is 0. The van der Waals surface area contributed by atoms with E-state index >= 15 is 0 Å². The van der Waals surface area contributed by atoms with Crippen molar-refractivity contribution >= 4 is 29.0 Å². The molecular weight excluding hydrogens is 321 g/mol. The zero-order valence-electron chi connectivity index (χ0n) is 15.0. The van der Waals surface area contributed by atoms with Crippen LogP contribution < -0.4 is 4.78 Å². The molecule has 6 heteroatoms. The third kappa shape index (κ3) is 2.94. The Morgan fingerprint density at radius 3 is 2.12 bits per heavy atom. The van der Waals surface area contributed by atoms with E-state index in [1.54, 1.807) is 0 Å². The summed E-state index contributed by atoms with van der Waals surface area (Å²) in [5, 5.41) is 0.473. The Morgan fingerprint density at radius 1 is 1.04 bits per heavy atom. The molecule has 0 spiro atoms. The van der Waals surface area contributed by atoms with E-state index in [4.69, 9.17) is 9.31 Å². The second-order valence-corrected chi connectivity index (χ2v) is 8.28. The van der Waals surface area contributed by atoms with Crippen LogP contribution in [-0.4, -0.2) is 29.1 Å². The average molecular weight is 343 g/mol. The molecule has 0 bridgehead atoms. The second-order valence-electron chi connectivity index (χ2n) is 7.25. The first-order chi connectivity index (χ1) is 11.1. The largest absolute Gasteiger partial charge is 0.507 e. The summed E-state index contributed by atoms with van der Waals surface area (Å²) >= 11 is 1.35. The minimum absolute atomic E-state index is 0.0640. The zero-order valence-corrected chi connectivity index (χ0v) is 15.8. The molecule has 24 heavy (non-hydrogen) atoms. The molecule has 1 saturated heterocycles. The number of carbonyl (C=O) groups excluding carboxylic acids is 1. The summed E-state index contributed by atoms with van der Waals surface area (Å²) < 4.78 is 13.0. The molecule has 0 amide bonds. The number of nitrogens with zero attached hydrogens (tertiary/aromatic N) is 1. The summed E-state index contributed by atoms with van der Waals surface area (Å²) in [4.78, 5) is 17.1. The number of thiazole rings is 1. The number of benzene rings is 1. The molecular formula is C18H22BNO3S. The van der Waals surface area contributed by atoms with Crippen molar-refractivity contribution in [3.05, 3.63) is 46.1 Å². The van der Waals surface area contributed by atoms with Gasteiger partial charge in [-0.3, -0.25) is 4.79 Å².